The zero-order valence-corrected chi connectivity index (χ0v) is 19.8. The van der Waals surface area contributed by atoms with Gasteiger partial charge >= 0.3 is 0 Å². The Hall–Kier alpha value is -1.73. The van der Waals surface area contributed by atoms with Crippen LogP contribution < -0.4 is 5.32 Å². The molecule has 3 unspecified atom stereocenters. The minimum atomic E-state index is -3.67. The zero-order valence-electron chi connectivity index (χ0n) is 19.0. The first-order valence-corrected chi connectivity index (χ1v) is 12.8. The third kappa shape index (κ3) is 3.63. The van der Waals surface area contributed by atoms with Crippen molar-refractivity contribution < 1.29 is 18.0 Å². The summed E-state index contributed by atoms with van der Waals surface area (Å²) in [7, 11) is -3.67. The predicted molar refractivity (Wildman–Crippen MR) is 119 cm³/mol. The lowest BCUT2D eigenvalue weighted by molar-refractivity contribution is -0.127. The van der Waals surface area contributed by atoms with E-state index in [1.807, 2.05) is 0 Å². The lowest BCUT2D eigenvalue weighted by Gasteiger charge is -2.40. The van der Waals surface area contributed by atoms with Crippen LogP contribution in [-0.4, -0.2) is 43.5 Å². The summed E-state index contributed by atoms with van der Waals surface area (Å²) < 4.78 is 27.5. The molecule has 31 heavy (non-hydrogen) atoms. The van der Waals surface area contributed by atoms with Crippen molar-refractivity contribution in [1.29, 1.82) is 0 Å². The number of rotatable bonds is 5. The molecule has 1 saturated heterocycles. The molecule has 1 aromatic carbocycles. The number of piperidine rings is 1. The zero-order chi connectivity index (χ0) is 22.6. The second-order valence-corrected chi connectivity index (χ2v) is 12.4. The van der Waals surface area contributed by atoms with Crippen LogP contribution in [0.5, 0.6) is 0 Å². The van der Waals surface area contributed by atoms with E-state index in [1.165, 1.54) is 29.8 Å². The minimum absolute atomic E-state index is 0.0743. The molecule has 1 N–H and O–H groups in total. The molecule has 1 amide bonds. The van der Waals surface area contributed by atoms with Crippen LogP contribution in [0.1, 0.15) is 70.2 Å². The molecule has 6 nitrogen and oxygen atoms in total. The first-order chi connectivity index (χ1) is 14.5. The molecule has 2 aliphatic carbocycles. The summed E-state index contributed by atoms with van der Waals surface area (Å²) in [6.45, 7) is 9.05. The molecule has 2 saturated carbocycles. The van der Waals surface area contributed by atoms with Gasteiger partial charge in [-0.3, -0.25) is 9.59 Å². The number of amides is 1. The average Bonchev–Trinajstić information content (AvgIpc) is 3.07. The fourth-order valence-corrected chi connectivity index (χ4v) is 7.61. The number of nitrogens with zero attached hydrogens (tertiary/aromatic N) is 1. The lowest BCUT2D eigenvalue weighted by atomic mass is 9.69. The Bertz CT molecular complexity index is 995. The summed E-state index contributed by atoms with van der Waals surface area (Å²) in [5.41, 5.74) is 0.772. The molecule has 3 aliphatic rings. The maximum Gasteiger partial charge on any atom is 0.243 e. The number of carbonyl (C=O) groups is 2. The van der Waals surface area contributed by atoms with Crippen LogP contribution in [0.25, 0.3) is 0 Å². The van der Waals surface area contributed by atoms with E-state index in [-0.39, 0.29) is 39.4 Å². The quantitative estimate of drug-likeness (QED) is 0.700. The summed E-state index contributed by atoms with van der Waals surface area (Å²) in [4.78, 5) is 24.8. The fraction of sp³-hybridized carbons (Fsp3) is 0.667. The van der Waals surface area contributed by atoms with Gasteiger partial charge in [0, 0.05) is 30.6 Å². The van der Waals surface area contributed by atoms with Crippen LogP contribution in [0.3, 0.4) is 0 Å². The molecule has 3 atom stereocenters. The van der Waals surface area contributed by atoms with Crippen molar-refractivity contribution in [2.45, 2.75) is 70.7 Å². The maximum atomic E-state index is 13.0. The number of ketones is 1. The molecule has 0 aromatic heterocycles. The summed E-state index contributed by atoms with van der Waals surface area (Å²) in [6.07, 6.45) is 4.50. The van der Waals surface area contributed by atoms with Gasteiger partial charge in [0.2, 0.25) is 15.9 Å². The van der Waals surface area contributed by atoms with Crippen molar-refractivity contribution >= 4 is 21.7 Å². The van der Waals surface area contributed by atoms with E-state index in [9.17, 15) is 18.0 Å². The topological polar surface area (TPSA) is 83.6 Å². The van der Waals surface area contributed by atoms with E-state index in [1.54, 1.807) is 12.1 Å². The lowest BCUT2D eigenvalue weighted by Crippen LogP contribution is -2.50. The Balaban J connectivity index is 1.38. The highest BCUT2D eigenvalue weighted by atomic mass is 32.2. The molecule has 4 rings (SSSR count). The van der Waals surface area contributed by atoms with E-state index in [2.05, 4.69) is 26.1 Å². The van der Waals surface area contributed by atoms with Gasteiger partial charge in [-0.05, 0) is 67.9 Å². The number of sulfonamides is 1. The molecular weight excluding hydrogens is 412 g/mol. The largest absolute Gasteiger partial charge is 0.353 e. The summed E-state index contributed by atoms with van der Waals surface area (Å²) in [6, 6.07) is 6.40. The van der Waals surface area contributed by atoms with Crippen LogP contribution in [0.2, 0.25) is 0 Å². The summed E-state index contributed by atoms with van der Waals surface area (Å²) in [5, 5.41) is 3.34. The van der Waals surface area contributed by atoms with Gasteiger partial charge in [-0.1, -0.05) is 32.9 Å². The van der Waals surface area contributed by atoms with Crippen molar-refractivity contribution in [2.24, 2.45) is 22.7 Å². The van der Waals surface area contributed by atoms with Gasteiger partial charge < -0.3 is 5.32 Å². The number of Topliss-reactive ketones (excluding diaryl/α,β-unsaturated/α-hetero) is 1. The molecule has 1 aliphatic heterocycles. The molecule has 170 valence electrons. The van der Waals surface area contributed by atoms with Crippen LogP contribution in [-0.2, 0) is 14.8 Å². The average molecular weight is 447 g/mol. The summed E-state index contributed by atoms with van der Waals surface area (Å²) >= 11 is 0. The number of fused-ring (bicyclic) bond motifs is 2. The minimum Gasteiger partial charge on any atom is -0.353 e. The second-order valence-electron chi connectivity index (χ2n) is 10.4. The van der Waals surface area contributed by atoms with E-state index in [4.69, 9.17) is 0 Å². The molecule has 2 bridgehead atoms. The van der Waals surface area contributed by atoms with Crippen molar-refractivity contribution in [2.75, 3.05) is 13.1 Å². The van der Waals surface area contributed by atoms with Crippen molar-refractivity contribution in [3.8, 4) is 0 Å². The molecule has 1 aromatic rings. The smallest absolute Gasteiger partial charge is 0.243 e. The Morgan fingerprint density at radius 2 is 1.77 bits per heavy atom. The first-order valence-electron chi connectivity index (χ1n) is 11.4. The third-order valence-corrected chi connectivity index (χ3v) is 10.7. The Labute approximate surface area is 185 Å². The molecule has 0 radical (unpaired) electrons. The number of nitrogens with one attached hydrogen (secondary N) is 1. The number of hydrogen-bond acceptors (Lipinski definition) is 4. The molecule has 1 heterocycles. The Morgan fingerprint density at radius 1 is 1.10 bits per heavy atom. The van der Waals surface area contributed by atoms with E-state index in [0.717, 1.165) is 12.8 Å². The van der Waals surface area contributed by atoms with Gasteiger partial charge in [-0.2, -0.15) is 4.31 Å². The normalized spacial score (nSPS) is 31.0. The standard InChI is InChI=1S/C24H34N2O4S/c1-16(27)18-6-5-7-20(14-18)31(29,30)26-12-9-17(10-13-26)22(28)25-21-15-19-8-11-24(21,4)23(19,2)3/h5-7,14,17,19,21H,8-13,15H2,1-4H3,(H,25,28). The van der Waals surface area contributed by atoms with Gasteiger partial charge in [0.25, 0.3) is 0 Å². The molecular formula is C24H34N2O4S. The second kappa shape index (κ2) is 7.69. The van der Waals surface area contributed by atoms with Gasteiger partial charge in [-0.25, -0.2) is 8.42 Å². The Morgan fingerprint density at radius 3 is 2.32 bits per heavy atom. The highest BCUT2D eigenvalue weighted by Gasteiger charge is 2.61. The monoisotopic (exact) mass is 446 g/mol. The van der Waals surface area contributed by atoms with Crippen molar-refractivity contribution in [3.05, 3.63) is 29.8 Å². The van der Waals surface area contributed by atoms with Gasteiger partial charge in [0.1, 0.15) is 0 Å². The fourth-order valence-electron chi connectivity index (χ4n) is 6.09. The van der Waals surface area contributed by atoms with E-state index < -0.39 is 10.0 Å². The van der Waals surface area contributed by atoms with Gasteiger partial charge in [0.15, 0.2) is 5.78 Å². The third-order valence-electron chi connectivity index (χ3n) is 8.81. The summed E-state index contributed by atoms with van der Waals surface area (Å²) in [5.74, 6) is 0.427. The number of benzene rings is 1. The van der Waals surface area contributed by atoms with Gasteiger partial charge in [-0.15, -0.1) is 0 Å². The van der Waals surface area contributed by atoms with Crippen LogP contribution in [0.4, 0.5) is 0 Å². The van der Waals surface area contributed by atoms with E-state index >= 15 is 0 Å². The number of hydrogen-bond donors (Lipinski definition) is 1. The predicted octanol–water partition coefficient (Wildman–Crippen LogP) is 3.62. The highest BCUT2D eigenvalue weighted by Crippen LogP contribution is 2.65. The van der Waals surface area contributed by atoms with Crippen LogP contribution in [0, 0.1) is 22.7 Å². The molecule has 3 fully saturated rings. The molecule has 0 spiro atoms. The van der Waals surface area contributed by atoms with E-state index in [0.29, 0.717) is 37.4 Å². The van der Waals surface area contributed by atoms with Crippen molar-refractivity contribution in [3.63, 3.8) is 0 Å². The first kappa shape index (κ1) is 22.5. The van der Waals surface area contributed by atoms with Crippen LogP contribution >= 0.6 is 0 Å². The Kier molecular flexibility index (Phi) is 5.58. The highest BCUT2D eigenvalue weighted by molar-refractivity contribution is 7.89. The van der Waals surface area contributed by atoms with Crippen molar-refractivity contribution in [1.82, 2.24) is 9.62 Å². The number of carbonyl (C=O) groups excluding carboxylic acids is 2. The molecule has 7 heteroatoms. The SMILES string of the molecule is CC(=O)c1cccc(S(=O)(=O)N2CCC(C(=O)NC3CC4CCC3(C)C4(C)C)CC2)c1. The maximum absolute atomic E-state index is 13.0. The van der Waals surface area contributed by atoms with Crippen LogP contribution in [0.15, 0.2) is 29.2 Å². The van der Waals surface area contributed by atoms with Gasteiger partial charge in [0.05, 0.1) is 4.90 Å².